The van der Waals surface area contributed by atoms with Crippen LogP contribution in [0.1, 0.15) is 30.6 Å². The molecular formula is C20H24N2O. The molecule has 1 N–H and O–H groups in total. The maximum absolute atomic E-state index is 10.0. The van der Waals surface area contributed by atoms with E-state index in [-0.39, 0.29) is 0 Å². The molecule has 1 aromatic carbocycles. The Bertz CT molecular complexity index is 818. The predicted octanol–water partition coefficient (Wildman–Crippen LogP) is 3.03. The Labute approximate surface area is 137 Å². The van der Waals surface area contributed by atoms with Crippen molar-refractivity contribution in [1.29, 1.82) is 0 Å². The largest absolute Gasteiger partial charge is 0.396 e. The molecule has 6 rings (SSSR count). The molecule has 4 aliphatic rings. The summed E-state index contributed by atoms with van der Waals surface area (Å²) in [4.78, 5) is 2.68. The molecule has 2 unspecified atom stereocenters. The molecule has 3 heteroatoms. The Balaban J connectivity index is 1.72. The number of hydrogen-bond donors (Lipinski definition) is 1. The van der Waals surface area contributed by atoms with Crippen molar-refractivity contribution < 1.29 is 5.11 Å². The van der Waals surface area contributed by atoms with E-state index in [1.807, 2.05) is 0 Å². The number of nitrogens with zero attached hydrogens (tertiary/aromatic N) is 2. The minimum atomic E-state index is 0.315. The van der Waals surface area contributed by atoms with Crippen LogP contribution in [0.2, 0.25) is 0 Å². The molecule has 2 aromatic rings. The van der Waals surface area contributed by atoms with Crippen molar-refractivity contribution in [3.63, 3.8) is 0 Å². The fraction of sp³-hybridized carbons (Fsp3) is 0.500. The third kappa shape index (κ3) is 1.62. The van der Waals surface area contributed by atoms with E-state index in [4.69, 9.17) is 0 Å². The molecule has 4 bridgehead atoms. The molecule has 3 saturated heterocycles. The van der Waals surface area contributed by atoms with Crippen LogP contribution in [-0.4, -0.2) is 33.8 Å². The van der Waals surface area contributed by atoms with Gasteiger partial charge in [-0.3, -0.25) is 4.90 Å². The molecular weight excluding hydrogens is 284 g/mol. The van der Waals surface area contributed by atoms with Crippen LogP contribution in [-0.2, 0) is 13.5 Å². The van der Waals surface area contributed by atoms with Crippen LogP contribution in [0.25, 0.3) is 10.9 Å². The number of hydrogen-bond acceptors (Lipinski definition) is 2. The number of aliphatic hydroxyl groups is 1. The van der Waals surface area contributed by atoms with Crippen LogP contribution in [0.4, 0.5) is 0 Å². The maximum atomic E-state index is 10.0. The average molecular weight is 308 g/mol. The fourth-order valence-corrected chi connectivity index (χ4v) is 5.71. The first-order valence-corrected chi connectivity index (χ1v) is 8.82. The minimum absolute atomic E-state index is 0.315. The van der Waals surface area contributed by atoms with Crippen molar-refractivity contribution in [2.24, 2.45) is 18.9 Å². The summed E-state index contributed by atoms with van der Waals surface area (Å²) in [5.41, 5.74) is 5.96. The van der Waals surface area contributed by atoms with E-state index in [9.17, 15) is 5.11 Å². The van der Waals surface area contributed by atoms with E-state index >= 15 is 0 Å². The summed E-state index contributed by atoms with van der Waals surface area (Å²) in [6.45, 7) is 3.56. The van der Waals surface area contributed by atoms with Gasteiger partial charge < -0.3 is 9.67 Å². The summed E-state index contributed by atoms with van der Waals surface area (Å²) in [5, 5.41) is 11.5. The molecule has 1 aromatic heterocycles. The summed E-state index contributed by atoms with van der Waals surface area (Å²) in [6.07, 6.45) is 4.54. The van der Waals surface area contributed by atoms with Crippen molar-refractivity contribution in [2.75, 3.05) is 13.2 Å². The second-order valence-corrected chi connectivity index (χ2v) is 7.45. The first-order chi connectivity index (χ1) is 11.2. The van der Waals surface area contributed by atoms with Crippen LogP contribution in [0.3, 0.4) is 0 Å². The second kappa shape index (κ2) is 4.71. The van der Waals surface area contributed by atoms with E-state index in [0.29, 0.717) is 30.5 Å². The molecule has 0 aliphatic carbocycles. The molecule has 3 fully saturated rings. The zero-order chi connectivity index (χ0) is 15.7. The summed E-state index contributed by atoms with van der Waals surface area (Å²) >= 11 is 0. The highest BCUT2D eigenvalue weighted by atomic mass is 16.3. The standard InChI is InChI=1S/C20H24N2O/c1-3-12-10-22-18-9-15-13-6-4-5-7-17(13)21(2)20(15)19(22)8-14(12)16(18)11-23/h3-7,14,16,18-19,23H,8-11H2,1-2H3/t14-,16?,18-,19-/m0/s1. The van der Waals surface area contributed by atoms with Crippen molar-refractivity contribution in [1.82, 2.24) is 9.47 Å². The number of piperidine rings is 3. The number of aliphatic hydroxyl groups excluding tert-OH is 1. The van der Waals surface area contributed by atoms with E-state index in [1.54, 1.807) is 5.57 Å². The quantitative estimate of drug-likeness (QED) is 0.820. The van der Waals surface area contributed by atoms with Gasteiger partial charge in [-0.2, -0.15) is 0 Å². The van der Waals surface area contributed by atoms with Gasteiger partial charge in [-0.1, -0.05) is 29.8 Å². The average Bonchev–Trinajstić information content (AvgIpc) is 2.87. The highest BCUT2D eigenvalue weighted by Gasteiger charge is 2.52. The molecule has 5 atom stereocenters. The van der Waals surface area contributed by atoms with Gasteiger partial charge in [0.15, 0.2) is 0 Å². The van der Waals surface area contributed by atoms with Gasteiger partial charge in [-0.15, -0.1) is 0 Å². The van der Waals surface area contributed by atoms with Gasteiger partial charge >= 0.3 is 0 Å². The number of aryl methyl sites for hydroxylation is 1. The van der Waals surface area contributed by atoms with Crippen molar-refractivity contribution in [3.8, 4) is 0 Å². The van der Waals surface area contributed by atoms with Crippen LogP contribution in [0, 0.1) is 11.8 Å². The van der Waals surface area contributed by atoms with E-state index in [0.717, 1.165) is 13.0 Å². The molecule has 0 saturated carbocycles. The van der Waals surface area contributed by atoms with Crippen molar-refractivity contribution in [2.45, 2.75) is 31.8 Å². The summed E-state index contributed by atoms with van der Waals surface area (Å²) in [7, 11) is 2.23. The number of fused-ring (bicyclic) bond motifs is 4. The summed E-state index contributed by atoms with van der Waals surface area (Å²) < 4.78 is 2.43. The van der Waals surface area contributed by atoms with Crippen LogP contribution in [0.15, 0.2) is 35.9 Å². The molecule has 0 radical (unpaired) electrons. The van der Waals surface area contributed by atoms with Gasteiger partial charge in [-0.05, 0) is 37.3 Å². The predicted molar refractivity (Wildman–Crippen MR) is 92.3 cm³/mol. The van der Waals surface area contributed by atoms with Gasteiger partial charge in [0.05, 0.1) is 6.04 Å². The Morgan fingerprint density at radius 1 is 1.30 bits per heavy atom. The molecule has 0 spiro atoms. The molecule has 5 heterocycles. The fourth-order valence-electron chi connectivity index (χ4n) is 5.71. The lowest BCUT2D eigenvalue weighted by Crippen LogP contribution is -2.61. The first kappa shape index (κ1) is 13.8. The van der Waals surface area contributed by atoms with Gasteiger partial charge in [0.25, 0.3) is 0 Å². The number of rotatable bonds is 1. The molecule has 4 aliphatic heterocycles. The number of aromatic nitrogens is 1. The smallest absolute Gasteiger partial charge is 0.0515 e. The lowest BCUT2D eigenvalue weighted by molar-refractivity contribution is -0.0513. The van der Waals surface area contributed by atoms with Crippen LogP contribution < -0.4 is 0 Å². The highest BCUT2D eigenvalue weighted by Crippen LogP contribution is 2.54. The SMILES string of the molecule is CC=C1CN2[C@H]3C[C@@H]1C(CO)[C@@H]2Cc1c3n(C)c2ccccc12. The van der Waals surface area contributed by atoms with Gasteiger partial charge in [-0.25, -0.2) is 0 Å². The zero-order valence-electron chi connectivity index (χ0n) is 13.9. The Morgan fingerprint density at radius 3 is 2.91 bits per heavy atom. The monoisotopic (exact) mass is 308 g/mol. The van der Waals surface area contributed by atoms with Crippen LogP contribution >= 0.6 is 0 Å². The normalized spacial score (nSPS) is 36.7. The highest BCUT2D eigenvalue weighted by molar-refractivity contribution is 5.86. The number of allylic oxidation sites excluding steroid dienone is 1. The number of para-hydroxylation sites is 1. The molecule has 3 nitrogen and oxygen atoms in total. The van der Waals surface area contributed by atoms with Gasteiger partial charge in [0.1, 0.15) is 0 Å². The third-order valence-corrected chi connectivity index (χ3v) is 6.73. The Morgan fingerprint density at radius 2 is 2.13 bits per heavy atom. The zero-order valence-corrected chi connectivity index (χ0v) is 13.9. The van der Waals surface area contributed by atoms with Crippen molar-refractivity contribution >= 4 is 10.9 Å². The first-order valence-electron chi connectivity index (χ1n) is 8.82. The third-order valence-electron chi connectivity index (χ3n) is 6.73. The van der Waals surface area contributed by atoms with E-state index < -0.39 is 0 Å². The molecule has 120 valence electrons. The number of benzene rings is 1. The lowest BCUT2D eigenvalue weighted by Gasteiger charge is -2.58. The Kier molecular flexibility index (Phi) is 2.83. The van der Waals surface area contributed by atoms with Crippen molar-refractivity contribution in [3.05, 3.63) is 47.2 Å². The minimum Gasteiger partial charge on any atom is -0.396 e. The van der Waals surface area contributed by atoms with Crippen LogP contribution in [0.5, 0.6) is 0 Å². The summed E-state index contributed by atoms with van der Waals surface area (Å²) in [6, 6.07) is 9.84. The second-order valence-electron chi connectivity index (χ2n) is 7.45. The topological polar surface area (TPSA) is 28.4 Å². The maximum Gasteiger partial charge on any atom is 0.0515 e. The summed E-state index contributed by atoms with van der Waals surface area (Å²) in [5.74, 6) is 0.967. The van der Waals surface area contributed by atoms with E-state index in [2.05, 4.69) is 53.8 Å². The van der Waals surface area contributed by atoms with Gasteiger partial charge in [0, 0.05) is 48.8 Å². The van der Waals surface area contributed by atoms with E-state index in [1.165, 1.54) is 28.6 Å². The molecule has 0 amide bonds. The lowest BCUT2D eigenvalue weighted by atomic mass is 9.64. The molecule has 23 heavy (non-hydrogen) atoms. The van der Waals surface area contributed by atoms with Gasteiger partial charge in [0.2, 0.25) is 0 Å². The Hall–Kier alpha value is -1.58.